The zero-order chi connectivity index (χ0) is 17.9. The Morgan fingerprint density at radius 2 is 2.12 bits per heavy atom. The second-order valence-electron chi connectivity index (χ2n) is 7.25. The Morgan fingerprint density at radius 3 is 2.92 bits per heavy atom. The van der Waals surface area contributed by atoms with E-state index in [1.165, 1.54) is 11.3 Å². The molecule has 0 unspecified atom stereocenters. The minimum absolute atomic E-state index is 0.312. The Kier molecular flexibility index (Phi) is 5.04. The van der Waals surface area contributed by atoms with Crippen LogP contribution in [0.5, 0.6) is 0 Å². The highest BCUT2D eigenvalue weighted by Gasteiger charge is 2.29. The lowest BCUT2D eigenvalue weighted by atomic mass is 9.78. The number of para-hydroxylation sites is 1. The van der Waals surface area contributed by atoms with Crippen LogP contribution in [-0.4, -0.2) is 42.8 Å². The predicted octanol–water partition coefficient (Wildman–Crippen LogP) is 2.30. The van der Waals surface area contributed by atoms with Gasteiger partial charge in [-0.3, -0.25) is 0 Å². The Labute approximate surface area is 154 Å². The summed E-state index contributed by atoms with van der Waals surface area (Å²) in [6, 6.07) is 11.1. The number of anilines is 2. The van der Waals surface area contributed by atoms with Crippen LogP contribution in [0.3, 0.4) is 0 Å². The number of benzene rings is 1. The van der Waals surface area contributed by atoms with Crippen molar-refractivity contribution in [3.8, 4) is 0 Å². The van der Waals surface area contributed by atoms with E-state index in [1.54, 1.807) is 7.11 Å². The average molecular weight is 353 g/mol. The molecule has 2 aromatic rings. The fourth-order valence-electron chi connectivity index (χ4n) is 3.87. The topological polar surface area (TPSA) is 76.3 Å². The van der Waals surface area contributed by atoms with E-state index in [2.05, 4.69) is 50.5 Å². The van der Waals surface area contributed by atoms with Crippen LogP contribution in [0.25, 0.3) is 0 Å². The maximum absolute atomic E-state index is 5.94. The summed E-state index contributed by atoms with van der Waals surface area (Å²) in [4.78, 5) is 11.7. The first kappa shape index (κ1) is 17.2. The normalized spacial score (nSPS) is 21.4. The van der Waals surface area contributed by atoms with Crippen molar-refractivity contribution in [1.82, 2.24) is 9.97 Å². The summed E-state index contributed by atoms with van der Waals surface area (Å²) in [5.74, 6) is 2.07. The first-order chi connectivity index (χ1) is 12.7. The molecule has 1 fully saturated rings. The third-order valence-corrected chi connectivity index (χ3v) is 5.33. The van der Waals surface area contributed by atoms with Gasteiger partial charge in [-0.05, 0) is 30.9 Å². The summed E-state index contributed by atoms with van der Waals surface area (Å²) in [6.45, 7) is 3.33. The number of nitrogens with two attached hydrogens (primary N) is 1. The van der Waals surface area contributed by atoms with Crippen molar-refractivity contribution < 1.29 is 4.74 Å². The molecule has 138 valence electrons. The fourth-order valence-corrected chi connectivity index (χ4v) is 3.87. The van der Waals surface area contributed by atoms with Crippen LogP contribution >= 0.6 is 0 Å². The standard InChI is InChI=1S/C20H27N5O/c1-26-13-20-23-17(15-10-16(21)11-15)12-19(24-20)22-7-9-25-8-6-14-4-2-3-5-18(14)25/h2-5,12,15-16H,6-11,13,21H2,1H3,(H,22,23,24). The third-order valence-electron chi connectivity index (χ3n) is 5.33. The van der Waals surface area contributed by atoms with Crippen LogP contribution in [0, 0.1) is 0 Å². The van der Waals surface area contributed by atoms with Gasteiger partial charge in [0.05, 0.1) is 0 Å². The first-order valence-electron chi connectivity index (χ1n) is 9.42. The van der Waals surface area contributed by atoms with E-state index < -0.39 is 0 Å². The van der Waals surface area contributed by atoms with Crippen LogP contribution in [0.2, 0.25) is 0 Å². The van der Waals surface area contributed by atoms with Gasteiger partial charge in [0.1, 0.15) is 12.4 Å². The molecule has 0 radical (unpaired) electrons. The summed E-state index contributed by atoms with van der Waals surface area (Å²) >= 11 is 0. The number of hydrogen-bond acceptors (Lipinski definition) is 6. The molecule has 0 bridgehead atoms. The molecule has 0 atom stereocenters. The molecule has 1 saturated carbocycles. The van der Waals surface area contributed by atoms with Crippen molar-refractivity contribution in [3.05, 3.63) is 47.4 Å². The smallest absolute Gasteiger partial charge is 0.156 e. The molecule has 0 spiro atoms. The average Bonchev–Trinajstić information content (AvgIpc) is 3.02. The van der Waals surface area contributed by atoms with E-state index in [1.807, 2.05) is 0 Å². The maximum Gasteiger partial charge on any atom is 0.156 e. The molecule has 4 rings (SSSR count). The van der Waals surface area contributed by atoms with Crippen molar-refractivity contribution in [2.75, 3.05) is 37.0 Å². The van der Waals surface area contributed by atoms with E-state index in [0.29, 0.717) is 18.6 Å². The van der Waals surface area contributed by atoms with Gasteiger partial charge in [0, 0.05) is 56.2 Å². The molecular formula is C20H27N5O. The second kappa shape index (κ2) is 7.60. The molecule has 6 heteroatoms. The number of hydrogen-bond donors (Lipinski definition) is 2. The maximum atomic E-state index is 5.94. The number of methoxy groups -OCH3 is 1. The molecular weight excluding hydrogens is 326 g/mol. The summed E-state index contributed by atoms with van der Waals surface area (Å²) in [5.41, 5.74) is 9.83. The zero-order valence-corrected chi connectivity index (χ0v) is 15.3. The Balaban J connectivity index is 1.39. The molecule has 1 aliphatic heterocycles. The van der Waals surface area contributed by atoms with Crippen molar-refractivity contribution in [2.24, 2.45) is 5.73 Å². The number of nitrogens with one attached hydrogen (secondary N) is 1. The Morgan fingerprint density at radius 1 is 1.27 bits per heavy atom. The van der Waals surface area contributed by atoms with Crippen molar-refractivity contribution in [2.45, 2.75) is 37.8 Å². The summed E-state index contributed by atoms with van der Waals surface area (Å²) in [7, 11) is 1.67. The Hall–Kier alpha value is -2.18. The highest BCUT2D eigenvalue weighted by atomic mass is 16.5. The Bertz CT molecular complexity index is 760. The summed E-state index contributed by atoms with van der Waals surface area (Å²) in [5, 5.41) is 3.48. The van der Waals surface area contributed by atoms with Crippen LogP contribution in [0.1, 0.15) is 35.8 Å². The van der Waals surface area contributed by atoms with E-state index in [4.69, 9.17) is 10.5 Å². The van der Waals surface area contributed by atoms with Gasteiger partial charge in [-0.15, -0.1) is 0 Å². The lowest BCUT2D eigenvalue weighted by Gasteiger charge is -2.32. The molecule has 1 aromatic carbocycles. The van der Waals surface area contributed by atoms with E-state index in [-0.39, 0.29) is 0 Å². The second-order valence-corrected chi connectivity index (χ2v) is 7.25. The molecule has 0 amide bonds. The highest BCUT2D eigenvalue weighted by Crippen LogP contribution is 2.35. The minimum Gasteiger partial charge on any atom is -0.377 e. The van der Waals surface area contributed by atoms with Gasteiger partial charge >= 0.3 is 0 Å². The quantitative estimate of drug-likeness (QED) is 0.795. The monoisotopic (exact) mass is 353 g/mol. The molecule has 2 heterocycles. The lowest BCUT2D eigenvalue weighted by Crippen LogP contribution is -2.35. The van der Waals surface area contributed by atoms with E-state index >= 15 is 0 Å². The molecule has 6 nitrogen and oxygen atoms in total. The number of aromatic nitrogens is 2. The largest absolute Gasteiger partial charge is 0.377 e. The van der Waals surface area contributed by atoms with Crippen LogP contribution in [-0.2, 0) is 17.8 Å². The molecule has 1 aliphatic carbocycles. The minimum atomic E-state index is 0.312. The SMILES string of the molecule is COCc1nc(NCCN2CCc3ccccc32)cc(C2CC(N)C2)n1. The molecule has 1 aromatic heterocycles. The first-order valence-corrected chi connectivity index (χ1v) is 9.42. The van der Waals surface area contributed by atoms with Gasteiger partial charge in [0.15, 0.2) is 5.82 Å². The van der Waals surface area contributed by atoms with E-state index in [0.717, 1.165) is 56.2 Å². The lowest BCUT2D eigenvalue weighted by molar-refractivity contribution is 0.177. The number of rotatable bonds is 7. The number of ether oxygens (including phenoxy) is 1. The van der Waals surface area contributed by atoms with E-state index in [9.17, 15) is 0 Å². The predicted molar refractivity (Wildman–Crippen MR) is 104 cm³/mol. The molecule has 0 saturated heterocycles. The number of fused-ring (bicyclic) bond motifs is 1. The van der Waals surface area contributed by atoms with Crippen LogP contribution in [0.4, 0.5) is 11.5 Å². The van der Waals surface area contributed by atoms with Crippen LogP contribution < -0.4 is 16.0 Å². The van der Waals surface area contributed by atoms with Crippen molar-refractivity contribution >= 4 is 11.5 Å². The highest BCUT2D eigenvalue weighted by molar-refractivity contribution is 5.58. The van der Waals surface area contributed by atoms with Gasteiger partial charge in [-0.2, -0.15) is 0 Å². The van der Waals surface area contributed by atoms with Gasteiger partial charge in [-0.1, -0.05) is 18.2 Å². The van der Waals surface area contributed by atoms with Gasteiger partial charge < -0.3 is 20.7 Å². The van der Waals surface area contributed by atoms with Gasteiger partial charge in [0.2, 0.25) is 0 Å². The summed E-state index contributed by atoms with van der Waals surface area (Å²) < 4.78 is 5.23. The fraction of sp³-hybridized carbons (Fsp3) is 0.500. The van der Waals surface area contributed by atoms with Gasteiger partial charge in [-0.25, -0.2) is 9.97 Å². The van der Waals surface area contributed by atoms with Crippen LogP contribution in [0.15, 0.2) is 30.3 Å². The summed E-state index contributed by atoms with van der Waals surface area (Å²) in [6.07, 6.45) is 3.15. The number of nitrogens with zero attached hydrogens (tertiary/aromatic N) is 3. The van der Waals surface area contributed by atoms with Gasteiger partial charge in [0.25, 0.3) is 0 Å². The molecule has 3 N–H and O–H groups in total. The van der Waals surface area contributed by atoms with Crippen molar-refractivity contribution in [3.63, 3.8) is 0 Å². The molecule has 26 heavy (non-hydrogen) atoms. The molecule has 2 aliphatic rings. The zero-order valence-electron chi connectivity index (χ0n) is 15.3. The van der Waals surface area contributed by atoms with Crippen molar-refractivity contribution in [1.29, 1.82) is 0 Å². The third kappa shape index (κ3) is 3.66.